The number of furan rings is 1. The third-order valence-corrected chi connectivity index (χ3v) is 3.58. The van der Waals surface area contributed by atoms with Crippen LogP contribution in [-0.2, 0) is 6.54 Å². The van der Waals surface area contributed by atoms with Crippen molar-refractivity contribution >= 4 is 0 Å². The van der Waals surface area contributed by atoms with E-state index >= 15 is 0 Å². The SMILES string of the molecule is CC1CCC(NCc2ccoc2)C(C)C1. The van der Waals surface area contributed by atoms with Crippen LogP contribution in [0.25, 0.3) is 0 Å². The van der Waals surface area contributed by atoms with E-state index in [1.807, 2.05) is 12.3 Å². The summed E-state index contributed by atoms with van der Waals surface area (Å²) in [6.45, 7) is 5.67. The van der Waals surface area contributed by atoms with Crippen LogP contribution in [0.2, 0.25) is 0 Å². The van der Waals surface area contributed by atoms with E-state index in [9.17, 15) is 0 Å². The highest BCUT2D eigenvalue weighted by Crippen LogP contribution is 2.28. The van der Waals surface area contributed by atoms with Crippen molar-refractivity contribution in [3.8, 4) is 0 Å². The molecule has 0 aromatic carbocycles. The summed E-state index contributed by atoms with van der Waals surface area (Å²) in [6.07, 6.45) is 7.61. The fourth-order valence-corrected chi connectivity index (χ4v) is 2.61. The van der Waals surface area contributed by atoms with Crippen LogP contribution in [0.5, 0.6) is 0 Å². The summed E-state index contributed by atoms with van der Waals surface area (Å²) in [5, 5.41) is 3.63. The third-order valence-electron chi connectivity index (χ3n) is 3.58. The molecule has 1 aromatic rings. The Morgan fingerprint density at radius 2 is 2.27 bits per heavy atom. The highest BCUT2D eigenvalue weighted by atomic mass is 16.3. The molecule has 1 heterocycles. The molecule has 0 radical (unpaired) electrons. The van der Waals surface area contributed by atoms with E-state index in [2.05, 4.69) is 19.2 Å². The zero-order valence-electron chi connectivity index (χ0n) is 9.70. The summed E-state index contributed by atoms with van der Waals surface area (Å²) in [5.74, 6) is 1.72. The lowest BCUT2D eigenvalue weighted by Crippen LogP contribution is -2.38. The van der Waals surface area contributed by atoms with Crippen molar-refractivity contribution in [1.29, 1.82) is 0 Å². The molecule has 84 valence electrons. The molecule has 1 fully saturated rings. The van der Waals surface area contributed by atoms with Crippen molar-refractivity contribution in [2.45, 2.75) is 45.7 Å². The van der Waals surface area contributed by atoms with Gasteiger partial charge in [-0.05, 0) is 37.2 Å². The average Bonchev–Trinajstić information content (AvgIpc) is 2.69. The first-order chi connectivity index (χ1) is 7.25. The largest absolute Gasteiger partial charge is 0.472 e. The monoisotopic (exact) mass is 207 g/mol. The molecule has 1 saturated carbocycles. The molecule has 0 amide bonds. The minimum atomic E-state index is 0.691. The first-order valence-electron chi connectivity index (χ1n) is 6.00. The van der Waals surface area contributed by atoms with Gasteiger partial charge in [0, 0.05) is 18.2 Å². The van der Waals surface area contributed by atoms with Gasteiger partial charge >= 0.3 is 0 Å². The van der Waals surface area contributed by atoms with E-state index < -0.39 is 0 Å². The summed E-state index contributed by atoms with van der Waals surface area (Å²) >= 11 is 0. The second-order valence-corrected chi connectivity index (χ2v) is 5.01. The lowest BCUT2D eigenvalue weighted by Gasteiger charge is -2.33. The molecule has 1 N–H and O–H groups in total. The summed E-state index contributed by atoms with van der Waals surface area (Å²) in [4.78, 5) is 0. The molecule has 0 bridgehead atoms. The summed E-state index contributed by atoms with van der Waals surface area (Å²) < 4.78 is 5.06. The Labute approximate surface area is 92.1 Å². The molecular weight excluding hydrogens is 186 g/mol. The fourth-order valence-electron chi connectivity index (χ4n) is 2.61. The van der Waals surface area contributed by atoms with Crippen LogP contribution >= 0.6 is 0 Å². The minimum absolute atomic E-state index is 0.691. The third kappa shape index (κ3) is 2.85. The molecule has 1 aliphatic rings. The zero-order valence-corrected chi connectivity index (χ0v) is 9.70. The van der Waals surface area contributed by atoms with Crippen LogP contribution in [0.4, 0.5) is 0 Å². The molecule has 0 spiro atoms. The van der Waals surface area contributed by atoms with Crippen molar-refractivity contribution < 1.29 is 4.42 Å². The second kappa shape index (κ2) is 4.84. The van der Waals surface area contributed by atoms with Gasteiger partial charge in [0.25, 0.3) is 0 Å². The molecule has 2 nitrogen and oxygen atoms in total. The minimum Gasteiger partial charge on any atom is -0.472 e. The molecular formula is C13H21NO. The van der Waals surface area contributed by atoms with Gasteiger partial charge in [0.2, 0.25) is 0 Å². The van der Waals surface area contributed by atoms with Gasteiger partial charge in [-0.15, -0.1) is 0 Å². The van der Waals surface area contributed by atoms with Crippen molar-refractivity contribution in [3.05, 3.63) is 24.2 Å². The molecule has 0 aliphatic heterocycles. The van der Waals surface area contributed by atoms with E-state index in [-0.39, 0.29) is 0 Å². The maximum absolute atomic E-state index is 5.06. The highest BCUT2D eigenvalue weighted by molar-refractivity contribution is 5.05. The van der Waals surface area contributed by atoms with Gasteiger partial charge < -0.3 is 9.73 Å². The molecule has 1 aromatic heterocycles. The van der Waals surface area contributed by atoms with Crippen LogP contribution < -0.4 is 5.32 Å². The van der Waals surface area contributed by atoms with Gasteiger partial charge in [-0.3, -0.25) is 0 Å². The summed E-state index contributed by atoms with van der Waals surface area (Å²) in [7, 11) is 0. The Kier molecular flexibility index (Phi) is 3.47. The van der Waals surface area contributed by atoms with Crippen LogP contribution in [0.1, 0.15) is 38.7 Å². The Balaban J connectivity index is 1.79. The van der Waals surface area contributed by atoms with E-state index in [1.165, 1.54) is 24.8 Å². The molecule has 3 atom stereocenters. The van der Waals surface area contributed by atoms with Gasteiger partial charge in [-0.2, -0.15) is 0 Å². The van der Waals surface area contributed by atoms with Gasteiger partial charge in [0.1, 0.15) is 0 Å². The quantitative estimate of drug-likeness (QED) is 0.823. The van der Waals surface area contributed by atoms with Crippen LogP contribution in [-0.4, -0.2) is 6.04 Å². The Morgan fingerprint density at radius 1 is 1.40 bits per heavy atom. The predicted octanol–water partition coefficient (Wildman–Crippen LogP) is 3.19. The maximum atomic E-state index is 5.06. The van der Waals surface area contributed by atoms with Crippen LogP contribution in [0, 0.1) is 11.8 Å². The van der Waals surface area contributed by atoms with E-state index in [1.54, 1.807) is 6.26 Å². The summed E-state index contributed by atoms with van der Waals surface area (Å²) in [6, 6.07) is 2.72. The highest BCUT2D eigenvalue weighted by Gasteiger charge is 2.24. The lowest BCUT2D eigenvalue weighted by atomic mass is 9.80. The first-order valence-corrected chi connectivity index (χ1v) is 6.00. The summed E-state index contributed by atoms with van der Waals surface area (Å²) in [5.41, 5.74) is 1.25. The molecule has 0 saturated heterocycles. The Bertz CT molecular complexity index is 281. The number of rotatable bonds is 3. The molecule has 3 unspecified atom stereocenters. The molecule has 1 aliphatic carbocycles. The zero-order chi connectivity index (χ0) is 10.7. The Morgan fingerprint density at radius 3 is 2.93 bits per heavy atom. The van der Waals surface area contributed by atoms with Gasteiger partial charge in [-0.1, -0.05) is 13.8 Å². The van der Waals surface area contributed by atoms with E-state index in [0.29, 0.717) is 6.04 Å². The maximum Gasteiger partial charge on any atom is 0.0947 e. The van der Waals surface area contributed by atoms with Gasteiger partial charge in [0.05, 0.1) is 12.5 Å². The normalized spacial score (nSPS) is 31.7. The van der Waals surface area contributed by atoms with E-state index in [4.69, 9.17) is 4.42 Å². The van der Waals surface area contributed by atoms with Crippen molar-refractivity contribution in [2.75, 3.05) is 0 Å². The number of hydrogen-bond donors (Lipinski definition) is 1. The van der Waals surface area contributed by atoms with Crippen LogP contribution in [0.3, 0.4) is 0 Å². The molecule has 15 heavy (non-hydrogen) atoms. The van der Waals surface area contributed by atoms with Crippen LogP contribution in [0.15, 0.2) is 23.0 Å². The van der Waals surface area contributed by atoms with Crippen molar-refractivity contribution in [2.24, 2.45) is 11.8 Å². The Hall–Kier alpha value is -0.760. The van der Waals surface area contributed by atoms with Gasteiger partial charge in [0.15, 0.2) is 0 Å². The first kappa shape index (κ1) is 10.7. The number of hydrogen-bond acceptors (Lipinski definition) is 2. The lowest BCUT2D eigenvalue weighted by molar-refractivity contribution is 0.227. The second-order valence-electron chi connectivity index (χ2n) is 5.01. The topological polar surface area (TPSA) is 25.2 Å². The number of nitrogens with one attached hydrogen (secondary N) is 1. The van der Waals surface area contributed by atoms with Crippen molar-refractivity contribution in [1.82, 2.24) is 5.32 Å². The molecule has 2 heteroatoms. The standard InChI is InChI=1S/C13H21NO/c1-10-3-4-13(11(2)7-10)14-8-12-5-6-15-9-12/h5-6,9-11,13-14H,3-4,7-8H2,1-2H3. The van der Waals surface area contributed by atoms with Crippen molar-refractivity contribution in [3.63, 3.8) is 0 Å². The van der Waals surface area contributed by atoms with Gasteiger partial charge in [-0.25, -0.2) is 0 Å². The smallest absolute Gasteiger partial charge is 0.0947 e. The predicted molar refractivity (Wildman–Crippen MR) is 61.5 cm³/mol. The molecule has 2 rings (SSSR count). The average molecular weight is 207 g/mol. The van der Waals surface area contributed by atoms with E-state index in [0.717, 1.165) is 18.4 Å². The fraction of sp³-hybridized carbons (Fsp3) is 0.692.